The van der Waals surface area contributed by atoms with Crippen LogP contribution in [0.15, 0.2) is 0 Å². The van der Waals surface area contributed by atoms with E-state index in [1.807, 2.05) is 0 Å². The number of aliphatic hydroxyl groups excluding tert-OH is 1. The molecule has 0 bridgehead atoms. The van der Waals surface area contributed by atoms with Gasteiger partial charge in [0.2, 0.25) is 0 Å². The van der Waals surface area contributed by atoms with Crippen LogP contribution in [-0.4, -0.2) is 40.9 Å². The van der Waals surface area contributed by atoms with Gasteiger partial charge in [-0.25, -0.2) is 4.18 Å². The van der Waals surface area contributed by atoms with E-state index < -0.39 is 10.4 Å². The maximum Gasteiger partial charge on any atom is 0.399 e. The van der Waals surface area contributed by atoms with Crippen molar-refractivity contribution < 1.29 is 21.9 Å². The van der Waals surface area contributed by atoms with Crippen LogP contribution in [0.1, 0.15) is 0 Å². The summed E-state index contributed by atoms with van der Waals surface area (Å²) in [4.78, 5) is 0. The monoisotopic (exact) mass is 187 g/mol. The van der Waals surface area contributed by atoms with Crippen LogP contribution in [0.25, 0.3) is 0 Å². The van der Waals surface area contributed by atoms with Gasteiger partial charge in [0.05, 0.1) is 20.3 Å². The molecule has 0 amide bonds. The molecule has 0 saturated heterocycles. The second kappa shape index (κ2) is 7.89. The van der Waals surface area contributed by atoms with Crippen LogP contribution in [0.3, 0.4) is 0 Å². The van der Waals surface area contributed by atoms with E-state index in [2.05, 4.69) is 14.1 Å². The van der Waals surface area contributed by atoms with Gasteiger partial charge in [-0.05, 0) is 7.05 Å². The van der Waals surface area contributed by atoms with E-state index in [0.29, 0.717) is 0 Å². The first-order chi connectivity index (χ1) is 5.12. The molecule has 0 rings (SSSR count). The molecule has 0 fully saturated rings. The lowest BCUT2D eigenvalue weighted by Crippen LogP contribution is -2.10. The Morgan fingerprint density at radius 2 is 1.91 bits per heavy atom. The SMILES string of the molecule is CN.COS(=O)(=O)OCCO. The lowest BCUT2D eigenvalue weighted by molar-refractivity contribution is 0.180. The normalized spacial score (nSPS) is 10.2. The van der Waals surface area contributed by atoms with Crippen LogP contribution in [0.4, 0.5) is 0 Å². The van der Waals surface area contributed by atoms with Crippen molar-refractivity contribution in [3.8, 4) is 0 Å². The summed E-state index contributed by atoms with van der Waals surface area (Å²) in [6.07, 6.45) is 0. The fraction of sp³-hybridized carbons (Fsp3) is 1.00. The third-order valence-corrected chi connectivity index (χ3v) is 1.39. The summed E-state index contributed by atoms with van der Waals surface area (Å²) in [5, 5.41) is 8.08. The molecule has 11 heavy (non-hydrogen) atoms. The Morgan fingerprint density at radius 1 is 1.45 bits per heavy atom. The summed E-state index contributed by atoms with van der Waals surface area (Å²) in [6.45, 7) is -0.612. The van der Waals surface area contributed by atoms with Crippen molar-refractivity contribution in [1.82, 2.24) is 0 Å². The molecule has 0 radical (unpaired) electrons. The first kappa shape index (κ1) is 13.4. The van der Waals surface area contributed by atoms with Crippen molar-refractivity contribution >= 4 is 10.4 Å². The Bertz CT molecular complexity index is 154. The number of hydrogen-bond donors (Lipinski definition) is 2. The van der Waals surface area contributed by atoms with E-state index in [4.69, 9.17) is 5.11 Å². The van der Waals surface area contributed by atoms with Crippen molar-refractivity contribution in [3.63, 3.8) is 0 Å². The van der Waals surface area contributed by atoms with Crippen LogP contribution in [0, 0.1) is 0 Å². The first-order valence-corrected chi connectivity index (χ1v) is 4.09. The highest BCUT2D eigenvalue weighted by Crippen LogP contribution is 1.90. The maximum absolute atomic E-state index is 10.2. The summed E-state index contributed by atoms with van der Waals surface area (Å²) >= 11 is 0. The molecule has 0 atom stereocenters. The molecule has 0 aliphatic carbocycles. The maximum atomic E-state index is 10.2. The van der Waals surface area contributed by atoms with Crippen LogP contribution in [-0.2, 0) is 18.8 Å². The van der Waals surface area contributed by atoms with Gasteiger partial charge >= 0.3 is 10.4 Å². The van der Waals surface area contributed by atoms with Gasteiger partial charge in [0.15, 0.2) is 0 Å². The molecule has 0 aromatic carbocycles. The average molecular weight is 187 g/mol. The second-order valence-electron chi connectivity index (χ2n) is 1.12. The minimum atomic E-state index is -3.84. The molecule has 3 N–H and O–H groups in total. The van der Waals surface area contributed by atoms with E-state index in [0.717, 1.165) is 7.11 Å². The molecule has 6 nitrogen and oxygen atoms in total. The van der Waals surface area contributed by atoms with Gasteiger partial charge in [0.25, 0.3) is 0 Å². The summed E-state index contributed by atoms with van der Waals surface area (Å²) < 4.78 is 28.3. The highest BCUT2D eigenvalue weighted by atomic mass is 32.3. The highest BCUT2D eigenvalue weighted by molar-refractivity contribution is 7.81. The lowest BCUT2D eigenvalue weighted by Gasteiger charge is -1.97. The molecule has 0 aliphatic rings. The van der Waals surface area contributed by atoms with Crippen LogP contribution in [0.2, 0.25) is 0 Å². The van der Waals surface area contributed by atoms with Crippen molar-refractivity contribution in [2.45, 2.75) is 0 Å². The van der Waals surface area contributed by atoms with E-state index in [-0.39, 0.29) is 13.2 Å². The number of hydrogen-bond acceptors (Lipinski definition) is 6. The van der Waals surface area contributed by atoms with Gasteiger partial charge < -0.3 is 10.8 Å². The third kappa shape index (κ3) is 9.79. The minimum absolute atomic E-state index is 0.268. The van der Waals surface area contributed by atoms with Crippen LogP contribution >= 0.6 is 0 Å². The molecular formula is C4H13NO5S. The molecule has 0 spiro atoms. The Labute approximate surface area is 66.2 Å². The zero-order valence-corrected chi connectivity index (χ0v) is 7.30. The fourth-order valence-corrected chi connectivity index (χ4v) is 0.562. The van der Waals surface area contributed by atoms with Crippen molar-refractivity contribution in [3.05, 3.63) is 0 Å². The van der Waals surface area contributed by atoms with Gasteiger partial charge in [0.1, 0.15) is 0 Å². The van der Waals surface area contributed by atoms with Gasteiger partial charge in [-0.2, -0.15) is 8.42 Å². The van der Waals surface area contributed by atoms with E-state index in [9.17, 15) is 8.42 Å². The fourth-order valence-electron chi connectivity index (χ4n) is 0.187. The van der Waals surface area contributed by atoms with E-state index >= 15 is 0 Å². The summed E-state index contributed by atoms with van der Waals surface area (Å²) in [7, 11) is -1.36. The largest absolute Gasteiger partial charge is 0.399 e. The minimum Gasteiger partial charge on any atom is -0.394 e. The molecule has 0 unspecified atom stereocenters. The van der Waals surface area contributed by atoms with Crippen molar-refractivity contribution in [2.75, 3.05) is 27.4 Å². The summed E-state index contributed by atoms with van der Waals surface area (Å²) in [5.74, 6) is 0. The number of aliphatic hydroxyl groups is 1. The van der Waals surface area contributed by atoms with Gasteiger partial charge in [-0.1, -0.05) is 0 Å². The predicted molar refractivity (Wildman–Crippen MR) is 39.1 cm³/mol. The van der Waals surface area contributed by atoms with Gasteiger partial charge in [0, 0.05) is 0 Å². The predicted octanol–water partition coefficient (Wildman–Crippen LogP) is -1.54. The molecule has 70 valence electrons. The average Bonchev–Trinajstić information content (AvgIpc) is 2.05. The lowest BCUT2D eigenvalue weighted by atomic mass is 10.8. The summed E-state index contributed by atoms with van der Waals surface area (Å²) in [5.41, 5.74) is 4.50. The number of nitrogens with two attached hydrogens (primary N) is 1. The molecule has 0 saturated carbocycles. The second-order valence-corrected chi connectivity index (χ2v) is 2.51. The quantitative estimate of drug-likeness (QED) is 0.553. The van der Waals surface area contributed by atoms with E-state index in [1.165, 1.54) is 7.05 Å². The Balaban J connectivity index is 0. The molecule has 0 heterocycles. The smallest absolute Gasteiger partial charge is 0.394 e. The molecule has 0 aromatic heterocycles. The zero-order valence-electron chi connectivity index (χ0n) is 6.48. The Morgan fingerprint density at radius 3 is 2.18 bits per heavy atom. The van der Waals surface area contributed by atoms with Gasteiger partial charge in [-0.3, -0.25) is 4.18 Å². The summed E-state index contributed by atoms with van der Waals surface area (Å²) in [6, 6.07) is 0. The third-order valence-electron chi connectivity index (χ3n) is 0.523. The first-order valence-electron chi connectivity index (χ1n) is 2.76. The zero-order chi connectivity index (χ0) is 9.33. The Kier molecular flexibility index (Phi) is 9.60. The topological polar surface area (TPSA) is 98.9 Å². The van der Waals surface area contributed by atoms with Gasteiger partial charge in [-0.15, -0.1) is 0 Å². The van der Waals surface area contributed by atoms with Crippen molar-refractivity contribution in [2.24, 2.45) is 5.73 Å². The number of rotatable bonds is 4. The molecule has 0 aliphatic heterocycles. The van der Waals surface area contributed by atoms with Crippen LogP contribution < -0.4 is 5.73 Å². The van der Waals surface area contributed by atoms with Crippen molar-refractivity contribution in [1.29, 1.82) is 0 Å². The van der Waals surface area contributed by atoms with E-state index in [1.54, 1.807) is 0 Å². The standard InChI is InChI=1S/C3H8O5S.CH5N/c1-7-9(5,6)8-3-2-4;1-2/h4H,2-3H2,1H3;2H2,1H3. The Hall–Kier alpha value is -0.210. The molecular weight excluding hydrogens is 174 g/mol. The van der Waals surface area contributed by atoms with Crippen LogP contribution in [0.5, 0.6) is 0 Å². The highest BCUT2D eigenvalue weighted by Gasteiger charge is 2.06. The molecule has 0 aromatic rings. The molecule has 7 heteroatoms.